The average Bonchev–Trinajstić information content (AvgIpc) is 3.98. The Kier molecular flexibility index (Phi) is 6.44. The molecule has 0 fully saturated rings. The normalized spacial score (nSPS) is 12.0. The van der Waals surface area contributed by atoms with Crippen LogP contribution < -0.4 is 0 Å². The third-order valence-electron chi connectivity index (χ3n) is 9.87. The number of hydrogen-bond acceptors (Lipinski definition) is 4. The number of rotatable bonds is 4. The van der Waals surface area contributed by atoms with Crippen LogP contribution in [0.4, 0.5) is 0 Å². The highest BCUT2D eigenvalue weighted by atomic mass is 32.1. The van der Waals surface area contributed by atoms with Crippen molar-refractivity contribution in [3.05, 3.63) is 158 Å². The molecule has 4 heterocycles. The quantitative estimate of drug-likeness (QED) is 0.171. The summed E-state index contributed by atoms with van der Waals surface area (Å²) in [5.74, 6) is 0. The summed E-state index contributed by atoms with van der Waals surface area (Å²) in [7, 11) is 0. The van der Waals surface area contributed by atoms with E-state index in [1.807, 2.05) is 45.3 Å². The van der Waals surface area contributed by atoms with Crippen LogP contribution in [-0.4, -0.2) is 0 Å². The lowest BCUT2D eigenvalue weighted by Crippen LogP contribution is -1.81. The van der Waals surface area contributed by atoms with E-state index >= 15 is 0 Å². The zero-order chi connectivity index (χ0) is 32.8. The minimum absolute atomic E-state index is 1.27. The second-order valence-corrected chi connectivity index (χ2v) is 17.1. The molecule has 50 heavy (non-hydrogen) atoms. The fourth-order valence-electron chi connectivity index (χ4n) is 7.44. The molecular weight excluding hydrogens is 681 g/mol. The van der Waals surface area contributed by atoms with E-state index in [2.05, 4.69) is 158 Å². The van der Waals surface area contributed by atoms with Crippen molar-refractivity contribution in [3.8, 4) is 41.8 Å². The van der Waals surface area contributed by atoms with Crippen LogP contribution >= 0.6 is 45.3 Å². The van der Waals surface area contributed by atoms with E-state index in [1.54, 1.807) is 0 Å². The second-order valence-electron chi connectivity index (χ2n) is 12.9. The summed E-state index contributed by atoms with van der Waals surface area (Å²) in [5, 5.41) is 10.4. The molecule has 4 aromatic heterocycles. The summed E-state index contributed by atoms with van der Waals surface area (Å²) in [6, 6.07) is 58.6. The highest BCUT2D eigenvalue weighted by Crippen LogP contribution is 2.55. The summed E-state index contributed by atoms with van der Waals surface area (Å²) in [6.07, 6.45) is 0. The van der Waals surface area contributed by atoms with Gasteiger partial charge in [-0.25, -0.2) is 0 Å². The second kappa shape index (κ2) is 11.2. The van der Waals surface area contributed by atoms with E-state index in [1.165, 1.54) is 104 Å². The summed E-state index contributed by atoms with van der Waals surface area (Å²) in [6.45, 7) is 0. The molecule has 4 heteroatoms. The van der Waals surface area contributed by atoms with E-state index in [0.717, 1.165) is 0 Å². The van der Waals surface area contributed by atoms with Crippen LogP contribution in [0.3, 0.4) is 0 Å². The van der Waals surface area contributed by atoms with Gasteiger partial charge in [-0.2, -0.15) is 0 Å². The molecule has 0 aliphatic rings. The van der Waals surface area contributed by atoms with E-state index in [9.17, 15) is 0 Å². The number of fused-ring (bicyclic) bond motifs is 6. The Morgan fingerprint density at radius 1 is 0.280 bits per heavy atom. The molecule has 0 aliphatic heterocycles. The summed E-state index contributed by atoms with van der Waals surface area (Å²) in [4.78, 5) is 5.28. The van der Waals surface area contributed by atoms with E-state index < -0.39 is 0 Å². The predicted molar refractivity (Wildman–Crippen MR) is 225 cm³/mol. The van der Waals surface area contributed by atoms with Crippen molar-refractivity contribution >= 4 is 107 Å². The van der Waals surface area contributed by atoms with Crippen LogP contribution in [0.1, 0.15) is 0 Å². The Bertz CT molecular complexity index is 2780. The van der Waals surface area contributed by atoms with Crippen LogP contribution in [-0.2, 0) is 0 Å². The molecule has 0 bridgehead atoms. The molecule has 11 rings (SSSR count). The Labute approximate surface area is 304 Å². The molecule has 234 valence electrons. The van der Waals surface area contributed by atoms with Gasteiger partial charge in [0.15, 0.2) is 0 Å². The van der Waals surface area contributed by atoms with Crippen LogP contribution in [0.15, 0.2) is 158 Å². The summed E-state index contributed by atoms with van der Waals surface area (Å²) >= 11 is 7.71. The fourth-order valence-corrected chi connectivity index (χ4v) is 12.3. The SMILES string of the molecule is c1ccc2cc(-c3cc4c(-c5cc6ccccc6s5)c5sc(-c6ccc7ccccc7c6)cc5c(-c5cc6ccccc6s5)c4s3)ccc2c1. The predicted octanol–water partition coefficient (Wildman–Crippen LogP) is 15.5. The molecule has 0 spiro atoms. The Morgan fingerprint density at radius 3 is 1.12 bits per heavy atom. The fraction of sp³-hybridized carbons (Fsp3) is 0. The largest absolute Gasteiger partial charge is 0.135 e. The molecule has 0 nitrogen and oxygen atoms in total. The summed E-state index contributed by atoms with van der Waals surface area (Å²) < 4.78 is 5.38. The molecule has 0 radical (unpaired) electrons. The number of hydrogen-bond donors (Lipinski definition) is 0. The lowest BCUT2D eigenvalue weighted by atomic mass is 9.98. The zero-order valence-corrected chi connectivity index (χ0v) is 29.9. The Balaban J connectivity index is 1.26. The van der Waals surface area contributed by atoms with Crippen LogP contribution in [0, 0.1) is 0 Å². The van der Waals surface area contributed by atoms with Crippen molar-refractivity contribution in [1.29, 1.82) is 0 Å². The van der Waals surface area contributed by atoms with Crippen molar-refractivity contribution in [2.24, 2.45) is 0 Å². The van der Waals surface area contributed by atoms with Gasteiger partial charge < -0.3 is 0 Å². The van der Waals surface area contributed by atoms with Gasteiger partial charge >= 0.3 is 0 Å². The topological polar surface area (TPSA) is 0 Å². The van der Waals surface area contributed by atoms with Gasteiger partial charge in [0.05, 0.1) is 0 Å². The van der Waals surface area contributed by atoms with E-state index in [4.69, 9.17) is 0 Å². The van der Waals surface area contributed by atoms with Crippen LogP contribution in [0.25, 0.3) is 104 Å². The molecule has 0 amide bonds. The highest BCUT2D eigenvalue weighted by Gasteiger charge is 2.24. The molecule has 11 aromatic rings. The first-order valence-electron chi connectivity index (χ1n) is 16.7. The van der Waals surface area contributed by atoms with Gasteiger partial charge in [-0.15, -0.1) is 45.3 Å². The van der Waals surface area contributed by atoms with Crippen molar-refractivity contribution in [3.63, 3.8) is 0 Å². The van der Waals surface area contributed by atoms with E-state index in [-0.39, 0.29) is 0 Å². The standard InChI is InChI=1S/C46H26S4/c1-3-11-29-21-33(19-17-27(29)9-1)39-25-35-43(41-23-31-13-5-7-15-37(31)47-41)46-36(26-40(50-46)34-20-18-28-10-2-4-12-30(28)22-34)44(45(35)49-39)42-24-32-14-6-8-16-38(32)48-42/h1-26H. The first kappa shape index (κ1) is 28.7. The monoisotopic (exact) mass is 706 g/mol. The minimum Gasteiger partial charge on any atom is -0.135 e. The molecule has 0 saturated heterocycles. The van der Waals surface area contributed by atoms with Crippen LogP contribution in [0.5, 0.6) is 0 Å². The molecule has 7 aromatic carbocycles. The molecule has 0 saturated carbocycles. The van der Waals surface area contributed by atoms with Crippen molar-refractivity contribution < 1.29 is 0 Å². The molecular formula is C46H26S4. The maximum atomic E-state index is 2.48. The lowest BCUT2D eigenvalue weighted by Gasteiger charge is -2.09. The molecule has 0 unspecified atom stereocenters. The van der Waals surface area contributed by atoms with Crippen molar-refractivity contribution in [2.45, 2.75) is 0 Å². The molecule has 0 N–H and O–H groups in total. The molecule has 0 aliphatic carbocycles. The molecule has 0 atom stereocenters. The number of thiophene rings is 4. The van der Waals surface area contributed by atoms with Gasteiger partial charge in [0.25, 0.3) is 0 Å². The third-order valence-corrected chi connectivity index (χ3v) is 14.5. The van der Waals surface area contributed by atoms with Gasteiger partial charge in [0, 0.05) is 60.2 Å². The van der Waals surface area contributed by atoms with Gasteiger partial charge in [-0.1, -0.05) is 109 Å². The first-order chi connectivity index (χ1) is 24.7. The maximum absolute atomic E-state index is 2.48. The van der Waals surface area contributed by atoms with Gasteiger partial charge in [-0.05, 0) is 92.0 Å². The highest BCUT2D eigenvalue weighted by molar-refractivity contribution is 7.27. The third kappa shape index (κ3) is 4.53. The van der Waals surface area contributed by atoms with Crippen LogP contribution in [0.2, 0.25) is 0 Å². The van der Waals surface area contributed by atoms with Gasteiger partial charge in [-0.3, -0.25) is 0 Å². The van der Waals surface area contributed by atoms with Gasteiger partial charge in [0.2, 0.25) is 0 Å². The maximum Gasteiger partial charge on any atom is 0.0449 e. The Hall–Kier alpha value is -5.10. The van der Waals surface area contributed by atoms with Crippen molar-refractivity contribution in [2.75, 3.05) is 0 Å². The lowest BCUT2D eigenvalue weighted by molar-refractivity contribution is 1.74. The summed E-state index contributed by atoms with van der Waals surface area (Å²) in [5.41, 5.74) is 5.27. The number of benzene rings is 7. The zero-order valence-electron chi connectivity index (χ0n) is 26.6. The Morgan fingerprint density at radius 2 is 0.680 bits per heavy atom. The van der Waals surface area contributed by atoms with Crippen molar-refractivity contribution in [1.82, 2.24) is 0 Å². The smallest absolute Gasteiger partial charge is 0.0449 e. The minimum atomic E-state index is 1.27. The average molecular weight is 707 g/mol. The first-order valence-corrected chi connectivity index (χ1v) is 20.0. The van der Waals surface area contributed by atoms with Gasteiger partial charge in [0.1, 0.15) is 0 Å². The van der Waals surface area contributed by atoms with E-state index in [0.29, 0.717) is 0 Å².